The first kappa shape index (κ1) is 15.7. The van der Waals surface area contributed by atoms with E-state index < -0.39 is 11.9 Å². The summed E-state index contributed by atoms with van der Waals surface area (Å²) in [5, 5.41) is 3.91. The summed E-state index contributed by atoms with van der Waals surface area (Å²) in [4.78, 5) is 13.6. The molecule has 3 heterocycles. The van der Waals surface area contributed by atoms with E-state index in [-0.39, 0.29) is 17.9 Å². The molecule has 23 heavy (non-hydrogen) atoms. The second-order valence-electron chi connectivity index (χ2n) is 5.74. The highest BCUT2D eigenvalue weighted by Gasteiger charge is 2.36. The molecule has 0 amide bonds. The van der Waals surface area contributed by atoms with Crippen molar-refractivity contribution in [3.63, 3.8) is 0 Å². The number of hydrogen-bond acceptors (Lipinski definition) is 6. The highest BCUT2D eigenvalue weighted by molar-refractivity contribution is 5.35. The number of halogens is 3. The third kappa shape index (κ3) is 3.13. The van der Waals surface area contributed by atoms with Crippen LogP contribution in [-0.2, 0) is 6.18 Å². The van der Waals surface area contributed by atoms with Crippen molar-refractivity contribution < 1.29 is 17.7 Å². The number of nitrogens with zero attached hydrogens (tertiary/aromatic N) is 5. The molecule has 9 heteroatoms. The molecular weight excluding hydrogens is 311 g/mol. The van der Waals surface area contributed by atoms with Gasteiger partial charge in [0.05, 0.1) is 0 Å². The van der Waals surface area contributed by atoms with E-state index in [1.807, 2.05) is 13.8 Å². The fourth-order valence-corrected chi connectivity index (χ4v) is 2.52. The van der Waals surface area contributed by atoms with Crippen LogP contribution in [0.1, 0.15) is 56.1 Å². The Balaban J connectivity index is 1.89. The SMILES string of the molecule is CC(C)c1noc([C@@H]2CCCN2c2nccc(C(F)(F)F)n2)n1. The molecule has 1 saturated heterocycles. The molecule has 0 unspecified atom stereocenters. The molecule has 0 bridgehead atoms. The number of rotatable bonds is 3. The van der Waals surface area contributed by atoms with Gasteiger partial charge in [0.25, 0.3) is 0 Å². The quantitative estimate of drug-likeness (QED) is 0.861. The Hall–Kier alpha value is -2.19. The first-order chi connectivity index (χ1) is 10.9. The van der Waals surface area contributed by atoms with Crippen LogP contribution in [0.15, 0.2) is 16.8 Å². The van der Waals surface area contributed by atoms with Crippen molar-refractivity contribution in [3.8, 4) is 0 Å². The molecule has 0 aromatic carbocycles. The van der Waals surface area contributed by atoms with Crippen LogP contribution in [-0.4, -0.2) is 26.7 Å². The van der Waals surface area contributed by atoms with Crippen molar-refractivity contribution in [1.82, 2.24) is 20.1 Å². The molecule has 0 N–H and O–H groups in total. The van der Waals surface area contributed by atoms with E-state index in [1.54, 1.807) is 4.90 Å². The van der Waals surface area contributed by atoms with Gasteiger partial charge in [0.2, 0.25) is 11.8 Å². The molecular formula is C14H16F3N5O. The van der Waals surface area contributed by atoms with Gasteiger partial charge in [-0.25, -0.2) is 9.97 Å². The van der Waals surface area contributed by atoms with E-state index in [0.29, 0.717) is 24.7 Å². The van der Waals surface area contributed by atoms with Gasteiger partial charge in [-0.2, -0.15) is 18.2 Å². The molecule has 0 spiro atoms. The maximum absolute atomic E-state index is 12.8. The fourth-order valence-electron chi connectivity index (χ4n) is 2.52. The lowest BCUT2D eigenvalue weighted by atomic mass is 10.2. The van der Waals surface area contributed by atoms with E-state index in [2.05, 4.69) is 20.1 Å². The Kier molecular flexibility index (Phi) is 3.95. The third-order valence-electron chi connectivity index (χ3n) is 3.70. The molecule has 1 atom stereocenters. The Morgan fingerprint density at radius 3 is 2.74 bits per heavy atom. The summed E-state index contributed by atoms with van der Waals surface area (Å²) in [6, 6.07) is 0.566. The van der Waals surface area contributed by atoms with Crippen LogP contribution in [0.2, 0.25) is 0 Å². The van der Waals surface area contributed by atoms with Crippen molar-refractivity contribution in [2.45, 2.75) is 44.8 Å². The second-order valence-corrected chi connectivity index (χ2v) is 5.74. The minimum Gasteiger partial charge on any atom is -0.337 e. The van der Waals surface area contributed by atoms with E-state index in [4.69, 9.17) is 4.52 Å². The van der Waals surface area contributed by atoms with Crippen molar-refractivity contribution >= 4 is 5.95 Å². The number of hydrogen-bond donors (Lipinski definition) is 0. The summed E-state index contributed by atoms with van der Waals surface area (Å²) < 4.78 is 43.7. The summed E-state index contributed by atoms with van der Waals surface area (Å²) in [6.45, 7) is 4.43. The lowest BCUT2D eigenvalue weighted by Crippen LogP contribution is -2.26. The zero-order valence-corrected chi connectivity index (χ0v) is 12.7. The van der Waals surface area contributed by atoms with Crippen LogP contribution in [0.5, 0.6) is 0 Å². The van der Waals surface area contributed by atoms with Gasteiger partial charge in [0.1, 0.15) is 11.7 Å². The highest BCUT2D eigenvalue weighted by Crippen LogP contribution is 2.35. The molecule has 1 aliphatic heterocycles. The lowest BCUT2D eigenvalue weighted by molar-refractivity contribution is -0.141. The minimum atomic E-state index is -4.50. The van der Waals surface area contributed by atoms with E-state index in [9.17, 15) is 13.2 Å². The average Bonchev–Trinajstić information content (AvgIpc) is 3.15. The normalized spacial score (nSPS) is 18.9. The molecule has 0 saturated carbocycles. The van der Waals surface area contributed by atoms with Gasteiger partial charge >= 0.3 is 6.18 Å². The number of alkyl halides is 3. The summed E-state index contributed by atoms with van der Waals surface area (Å²) >= 11 is 0. The van der Waals surface area contributed by atoms with Crippen molar-refractivity contribution in [3.05, 3.63) is 29.7 Å². The Morgan fingerprint density at radius 1 is 1.30 bits per heavy atom. The van der Waals surface area contributed by atoms with E-state index >= 15 is 0 Å². The molecule has 6 nitrogen and oxygen atoms in total. The minimum absolute atomic E-state index is 0.0339. The van der Waals surface area contributed by atoms with Crippen molar-refractivity contribution in [2.24, 2.45) is 0 Å². The zero-order valence-electron chi connectivity index (χ0n) is 12.7. The lowest BCUT2D eigenvalue weighted by Gasteiger charge is -2.22. The largest absolute Gasteiger partial charge is 0.433 e. The molecule has 0 aliphatic carbocycles. The van der Waals surface area contributed by atoms with Gasteiger partial charge in [-0.1, -0.05) is 19.0 Å². The van der Waals surface area contributed by atoms with Gasteiger partial charge < -0.3 is 9.42 Å². The predicted molar refractivity (Wildman–Crippen MR) is 74.7 cm³/mol. The second kappa shape index (κ2) is 5.78. The summed E-state index contributed by atoms with van der Waals surface area (Å²) in [7, 11) is 0. The first-order valence-corrected chi connectivity index (χ1v) is 7.36. The van der Waals surface area contributed by atoms with Gasteiger partial charge in [-0.3, -0.25) is 0 Å². The molecule has 2 aromatic heterocycles. The maximum atomic E-state index is 12.8. The van der Waals surface area contributed by atoms with Gasteiger partial charge in [0.15, 0.2) is 5.82 Å². The van der Waals surface area contributed by atoms with Crippen LogP contribution < -0.4 is 4.90 Å². The Labute approximate surface area is 130 Å². The number of anilines is 1. The summed E-state index contributed by atoms with van der Waals surface area (Å²) in [6.07, 6.45) is -1.88. The molecule has 2 aromatic rings. The van der Waals surface area contributed by atoms with Crippen LogP contribution in [0, 0.1) is 0 Å². The van der Waals surface area contributed by atoms with Crippen molar-refractivity contribution in [1.29, 1.82) is 0 Å². The van der Waals surface area contributed by atoms with Crippen LogP contribution in [0.3, 0.4) is 0 Å². The fraction of sp³-hybridized carbons (Fsp3) is 0.571. The van der Waals surface area contributed by atoms with Gasteiger partial charge in [-0.05, 0) is 18.9 Å². The van der Waals surface area contributed by atoms with Gasteiger partial charge in [-0.15, -0.1) is 0 Å². The molecule has 124 valence electrons. The smallest absolute Gasteiger partial charge is 0.337 e. The topological polar surface area (TPSA) is 67.9 Å². The van der Waals surface area contributed by atoms with Crippen LogP contribution in [0.4, 0.5) is 19.1 Å². The molecule has 3 rings (SSSR count). The van der Waals surface area contributed by atoms with Crippen LogP contribution >= 0.6 is 0 Å². The summed E-state index contributed by atoms with van der Waals surface area (Å²) in [5.41, 5.74) is -0.957. The van der Waals surface area contributed by atoms with Crippen molar-refractivity contribution in [2.75, 3.05) is 11.4 Å². The molecule has 0 radical (unpaired) electrons. The monoisotopic (exact) mass is 327 g/mol. The van der Waals surface area contributed by atoms with E-state index in [0.717, 1.165) is 18.7 Å². The maximum Gasteiger partial charge on any atom is 0.433 e. The standard InChI is InChI=1S/C14H16F3N5O/c1-8(2)11-20-12(23-21-11)9-4-3-7-22(9)13-18-6-5-10(19-13)14(15,16)17/h5-6,8-9H,3-4,7H2,1-2H3/t9-/m0/s1. The van der Waals surface area contributed by atoms with E-state index in [1.165, 1.54) is 0 Å². The Morgan fingerprint density at radius 2 is 2.09 bits per heavy atom. The average molecular weight is 327 g/mol. The highest BCUT2D eigenvalue weighted by atomic mass is 19.4. The zero-order chi connectivity index (χ0) is 16.6. The predicted octanol–water partition coefficient (Wildman–Crippen LogP) is 3.34. The molecule has 1 fully saturated rings. The first-order valence-electron chi connectivity index (χ1n) is 7.36. The molecule has 1 aliphatic rings. The third-order valence-corrected chi connectivity index (χ3v) is 3.70. The summed E-state index contributed by atoms with van der Waals surface area (Å²) in [5.74, 6) is 1.13. The number of aromatic nitrogens is 4. The Bertz CT molecular complexity index is 685. The van der Waals surface area contributed by atoms with Gasteiger partial charge in [0, 0.05) is 18.7 Å². The van der Waals surface area contributed by atoms with Crippen LogP contribution in [0.25, 0.3) is 0 Å².